The molecule has 0 amide bonds. The van der Waals surface area contributed by atoms with E-state index in [2.05, 4.69) is 0 Å². The van der Waals surface area contributed by atoms with Crippen LogP contribution in [0.15, 0.2) is 11.6 Å². The highest BCUT2D eigenvalue weighted by Gasteiger charge is 2.69. The lowest BCUT2D eigenvalue weighted by atomic mass is 9.45. The van der Waals surface area contributed by atoms with Crippen molar-refractivity contribution in [2.75, 3.05) is 0 Å². The highest BCUT2D eigenvalue weighted by atomic mass is 16.3. The van der Waals surface area contributed by atoms with E-state index >= 15 is 0 Å². The summed E-state index contributed by atoms with van der Waals surface area (Å²) < 4.78 is 0. The summed E-state index contributed by atoms with van der Waals surface area (Å²) in [6, 6.07) is 0. The van der Waals surface area contributed by atoms with Crippen molar-refractivity contribution in [3.05, 3.63) is 11.6 Å². The van der Waals surface area contributed by atoms with Crippen molar-refractivity contribution in [2.45, 2.75) is 121 Å². The molecular weight excluding hydrogens is 436 g/mol. The zero-order valence-corrected chi connectivity index (χ0v) is 21.3. The van der Waals surface area contributed by atoms with Crippen molar-refractivity contribution in [1.82, 2.24) is 0 Å². The van der Waals surface area contributed by atoms with Crippen LogP contribution in [-0.4, -0.2) is 71.5 Å². The maximum absolute atomic E-state index is 13.2. The summed E-state index contributed by atoms with van der Waals surface area (Å²) >= 11 is 0. The molecule has 0 aromatic carbocycles. The minimum atomic E-state index is -1.46. The minimum Gasteiger partial charge on any atom is -0.390 e. The fourth-order valence-electron chi connectivity index (χ4n) is 8.32. The van der Waals surface area contributed by atoms with Crippen LogP contribution in [0.1, 0.15) is 86.0 Å². The lowest BCUT2D eigenvalue weighted by molar-refractivity contribution is -0.177. The Morgan fingerprint density at radius 1 is 1.06 bits per heavy atom. The first-order valence-electron chi connectivity index (χ1n) is 12.9. The van der Waals surface area contributed by atoms with Gasteiger partial charge >= 0.3 is 0 Å². The number of rotatable bonds is 5. The third kappa shape index (κ3) is 3.73. The Hall–Kier alpha value is -0.830. The van der Waals surface area contributed by atoms with Crippen molar-refractivity contribution in [2.24, 2.45) is 28.6 Å². The molecule has 0 aliphatic heterocycles. The van der Waals surface area contributed by atoms with Crippen LogP contribution in [0.3, 0.4) is 0 Å². The molecule has 4 aliphatic carbocycles. The van der Waals surface area contributed by atoms with Gasteiger partial charge in [0.1, 0.15) is 0 Å². The molecule has 3 fully saturated rings. The van der Waals surface area contributed by atoms with E-state index in [1.54, 1.807) is 26.8 Å². The molecule has 10 atom stereocenters. The number of carbonyl (C=O) groups excluding carboxylic acids is 1. The molecular formula is C27H44O7. The van der Waals surface area contributed by atoms with Crippen LogP contribution in [0, 0.1) is 28.6 Å². The van der Waals surface area contributed by atoms with Crippen LogP contribution in [-0.2, 0) is 4.79 Å². The molecule has 0 aromatic rings. The molecule has 34 heavy (non-hydrogen) atoms. The molecule has 6 N–H and O–H groups in total. The molecule has 7 heteroatoms. The van der Waals surface area contributed by atoms with E-state index in [0.717, 1.165) is 0 Å². The molecule has 0 saturated heterocycles. The second-order valence-electron chi connectivity index (χ2n) is 13.2. The number of aliphatic hydroxyl groups excluding tert-OH is 3. The summed E-state index contributed by atoms with van der Waals surface area (Å²) in [6.07, 6.45) is 2.11. The summed E-state index contributed by atoms with van der Waals surface area (Å²) in [7, 11) is 0. The van der Waals surface area contributed by atoms with Crippen LogP contribution in [0.4, 0.5) is 0 Å². The van der Waals surface area contributed by atoms with Crippen LogP contribution in [0.5, 0.6) is 0 Å². The van der Waals surface area contributed by atoms with Crippen LogP contribution >= 0.6 is 0 Å². The molecule has 0 aromatic heterocycles. The van der Waals surface area contributed by atoms with Crippen molar-refractivity contribution in [3.63, 3.8) is 0 Å². The average Bonchev–Trinajstić information content (AvgIpc) is 3.00. The molecule has 194 valence electrons. The van der Waals surface area contributed by atoms with Gasteiger partial charge in [-0.25, -0.2) is 0 Å². The number of hydrogen-bond acceptors (Lipinski definition) is 7. The SMILES string of the molecule is CC(C)(O)CC[C@@H](O)[C@](C)(O)C1CC[C@@]2(O)C3=CC(=O)[C@@H]4C[C@@H](O)[C@@H](O)C[C@]4(C)C3CC[C@]12C. The Bertz CT molecular complexity index is 860. The zero-order chi connectivity index (χ0) is 25.5. The van der Waals surface area contributed by atoms with Gasteiger partial charge in [0.15, 0.2) is 5.78 Å². The molecule has 0 bridgehead atoms. The van der Waals surface area contributed by atoms with Gasteiger partial charge in [0.2, 0.25) is 0 Å². The first kappa shape index (κ1) is 26.2. The Balaban J connectivity index is 1.66. The zero-order valence-electron chi connectivity index (χ0n) is 21.3. The van der Waals surface area contributed by atoms with Gasteiger partial charge < -0.3 is 30.6 Å². The second-order valence-corrected chi connectivity index (χ2v) is 13.2. The molecule has 4 aliphatic rings. The highest BCUT2D eigenvalue weighted by Crippen LogP contribution is 2.68. The van der Waals surface area contributed by atoms with Gasteiger partial charge in [-0.1, -0.05) is 13.8 Å². The van der Waals surface area contributed by atoms with E-state index in [0.29, 0.717) is 44.1 Å². The second kappa shape index (κ2) is 8.09. The third-order valence-corrected chi connectivity index (χ3v) is 10.5. The number of fused-ring (bicyclic) bond motifs is 5. The smallest absolute Gasteiger partial charge is 0.159 e. The fraction of sp³-hybridized carbons (Fsp3) is 0.889. The van der Waals surface area contributed by atoms with E-state index in [9.17, 15) is 35.4 Å². The normalized spacial score (nSPS) is 47.2. The molecule has 0 radical (unpaired) electrons. The van der Waals surface area contributed by atoms with E-state index in [-0.39, 0.29) is 36.4 Å². The summed E-state index contributed by atoms with van der Waals surface area (Å²) in [4.78, 5) is 13.2. The van der Waals surface area contributed by atoms with E-state index < -0.39 is 45.9 Å². The predicted molar refractivity (Wildman–Crippen MR) is 127 cm³/mol. The molecule has 0 spiro atoms. The summed E-state index contributed by atoms with van der Waals surface area (Å²) in [6.45, 7) is 8.96. The maximum atomic E-state index is 13.2. The van der Waals surface area contributed by atoms with Gasteiger partial charge in [0.05, 0.1) is 35.1 Å². The van der Waals surface area contributed by atoms with Crippen LogP contribution in [0.2, 0.25) is 0 Å². The number of hydrogen-bond donors (Lipinski definition) is 6. The van der Waals surface area contributed by atoms with Crippen molar-refractivity contribution in [1.29, 1.82) is 0 Å². The third-order valence-electron chi connectivity index (χ3n) is 10.5. The largest absolute Gasteiger partial charge is 0.390 e. The molecule has 3 saturated carbocycles. The molecule has 7 nitrogen and oxygen atoms in total. The first-order valence-corrected chi connectivity index (χ1v) is 12.9. The fourth-order valence-corrected chi connectivity index (χ4v) is 8.32. The number of ketones is 1. The Kier molecular flexibility index (Phi) is 6.24. The molecule has 4 rings (SSSR count). The standard InChI is InChI=1S/C27H44O7/c1-23(2,32)9-8-22(31)26(5,33)21-7-11-27(34)16-12-18(28)17-13-19(29)20(30)14-24(17,3)15(16)6-10-25(21,27)4/h12,15,17,19-22,29-34H,6-11,13-14H2,1-5H3/t15?,17-,19+,20-,21?,22+,24+,25+,26+,27+/m0/s1. The maximum Gasteiger partial charge on any atom is 0.159 e. The number of carbonyl (C=O) groups is 1. The summed E-state index contributed by atoms with van der Waals surface area (Å²) in [5.74, 6) is -0.948. The predicted octanol–water partition coefficient (Wildman–Crippen LogP) is 1.85. The number of allylic oxidation sites excluding steroid dienone is 1. The minimum absolute atomic E-state index is 0.0840. The lowest BCUT2D eigenvalue weighted by Gasteiger charge is -2.60. The van der Waals surface area contributed by atoms with E-state index in [1.165, 1.54) is 0 Å². The Labute approximate surface area is 202 Å². The van der Waals surface area contributed by atoms with Crippen molar-refractivity contribution < 1.29 is 35.4 Å². The number of aliphatic hydroxyl groups is 6. The average molecular weight is 481 g/mol. The molecule has 2 unspecified atom stereocenters. The van der Waals surface area contributed by atoms with Crippen LogP contribution in [0.25, 0.3) is 0 Å². The van der Waals surface area contributed by atoms with E-state index in [4.69, 9.17) is 0 Å². The molecule has 0 heterocycles. The first-order chi connectivity index (χ1) is 15.5. The van der Waals surface area contributed by atoms with Gasteiger partial charge in [0.25, 0.3) is 0 Å². The van der Waals surface area contributed by atoms with Gasteiger partial charge in [-0.3, -0.25) is 4.79 Å². The topological polar surface area (TPSA) is 138 Å². The van der Waals surface area contributed by atoms with Gasteiger partial charge in [-0.15, -0.1) is 0 Å². The van der Waals surface area contributed by atoms with Gasteiger partial charge in [-0.05, 0) is 101 Å². The highest BCUT2D eigenvalue weighted by molar-refractivity contribution is 5.95. The van der Waals surface area contributed by atoms with Gasteiger partial charge in [0, 0.05) is 11.3 Å². The lowest BCUT2D eigenvalue weighted by Crippen LogP contribution is -2.62. The van der Waals surface area contributed by atoms with Gasteiger partial charge in [-0.2, -0.15) is 0 Å². The monoisotopic (exact) mass is 480 g/mol. The van der Waals surface area contributed by atoms with Crippen molar-refractivity contribution in [3.8, 4) is 0 Å². The van der Waals surface area contributed by atoms with E-state index in [1.807, 2.05) is 13.8 Å². The summed E-state index contributed by atoms with van der Waals surface area (Å²) in [5.41, 5.74) is -4.27. The van der Waals surface area contributed by atoms with Crippen LogP contribution < -0.4 is 0 Å². The summed E-state index contributed by atoms with van der Waals surface area (Å²) in [5, 5.41) is 65.5. The quantitative estimate of drug-likeness (QED) is 0.353. The van der Waals surface area contributed by atoms with Crippen molar-refractivity contribution >= 4 is 5.78 Å². The Morgan fingerprint density at radius 2 is 1.71 bits per heavy atom. The Morgan fingerprint density at radius 3 is 2.32 bits per heavy atom.